The van der Waals surface area contributed by atoms with Crippen LogP contribution in [0.3, 0.4) is 0 Å². The van der Waals surface area contributed by atoms with Crippen LogP contribution in [0.1, 0.15) is 5.56 Å². The zero-order chi connectivity index (χ0) is 12.1. The van der Waals surface area contributed by atoms with Crippen molar-refractivity contribution in [3.05, 3.63) is 29.8 Å². The first-order chi connectivity index (χ1) is 7.50. The molecule has 0 aliphatic carbocycles. The van der Waals surface area contributed by atoms with E-state index in [2.05, 4.69) is 5.32 Å². The first kappa shape index (κ1) is 12.0. The van der Waals surface area contributed by atoms with Crippen LogP contribution in [0.25, 0.3) is 0 Å². The zero-order valence-electron chi connectivity index (χ0n) is 8.60. The summed E-state index contributed by atoms with van der Waals surface area (Å²) in [5.74, 6) is -1.26. The van der Waals surface area contributed by atoms with E-state index >= 15 is 0 Å². The molecule has 0 aliphatic rings. The Hall–Kier alpha value is -2.08. The van der Waals surface area contributed by atoms with Gasteiger partial charge in [0.2, 0.25) is 0 Å². The first-order valence-electron chi connectivity index (χ1n) is 4.68. The lowest BCUT2D eigenvalue weighted by Crippen LogP contribution is -2.32. The molecule has 7 N–H and O–H groups in total. The number of nitrogens with two attached hydrogens (primary N) is 2. The largest absolute Gasteiger partial charge is 0.480 e. The number of nitrogens with one attached hydrogen (secondary N) is 2. The second kappa shape index (κ2) is 5.13. The Labute approximate surface area is 92.8 Å². The number of rotatable bonds is 4. The van der Waals surface area contributed by atoms with Crippen molar-refractivity contribution in [1.82, 2.24) is 0 Å². The van der Waals surface area contributed by atoms with Gasteiger partial charge in [-0.3, -0.25) is 10.2 Å². The molecule has 0 amide bonds. The number of anilines is 1. The Kier molecular flexibility index (Phi) is 3.84. The van der Waals surface area contributed by atoms with Crippen molar-refractivity contribution in [3.8, 4) is 0 Å². The minimum atomic E-state index is -1.06. The predicted octanol–water partition coefficient (Wildman–Crippen LogP) is -0.0536. The van der Waals surface area contributed by atoms with Crippen molar-refractivity contribution in [3.63, 3.8) is 0 Å². The van der Waals surface area contributed by atoms with E-state index in [-0.39, 0.29) is 12.4 Å². The molecule has 86 valence electrons. The number of hydrogen-bond donors (Lipinski definition) is 5. The predicted molar refractivity (Wildman–Crippen MR) is 61.3 cm³/mol. The van der Waals surface area contributed by atoms with Gasteiger partial charge in [0.25, 0.3) is 0 Å². The summed E-state index contributed by atoms with van der Waals surface area (Å²) >= 11 is 0. The summed E-state index contributed by atoms with van der Waals surface area (Å²) in [5.41, 5.74) is 12.0. The number of benzene rings is 1. The van der Waals surface area contributed by atoms with Crippen molar-refractivity contribution < 1.29 is 9.90 Å². The third-order valence-corrected chi connectivity index (χ3v) is 2.04. The fourth-order valence-electron chi connectivity index (χ4n) is 1.29. The van der Waals surface area contributed by atoms with E-state index in [1.54, 1.807) is 24.3 Å². The van der Waals surface area contributed by atoms with Crippen LogP contribution in [0, 0.1) is 5.41 Å². The average Bonchev–Trinajstić information content (AvgIpc) is 2.20. The maximum atomic E-state index is 10.6. The fraction of sp³-hybridized carbons (Fsp3) is 0.200. The molecule has 0 fully saturated rings. The van der Waals surface area contributed by atoms with Gasteiger partial charge in [0, 0.05) is 12.1 Å². The highest BCUT2D eigenvalue weighted by atomic mass is 16.4. The minimum Gasteiger partial charge on any atom is -0.480 e. The van der Waals surface area contributed by atoms with Crippen LogP contribution >= 0.6 is 0 Å². The molecule has 1 atom stereocenters. The van der Waals surface area contributed by atoms with Crippen LogP contribution in [-0.2, 0) is 11.2 Å². The van der Waals surface area contributed by atoms with Crippen molar-refractivity contribution in [2.24, 2.45) is 11.5 Å². The molecular formula is C10H14N4O2. The summed E-state index contributed by atoms with van der Waals surface area (Å²) in [5, 5.41) is 18.4. The molecule has 0 saturated carbocycles. The Morgan fingerprint density at radius 2 is 2.12 bits per heavy atom. The molecule has 0 saturated heterocycles. The van der Waals surface area contributed by atoms with Gasteiger partial charge in [-0.15, -0.1) is 0 Å². The molecule has 0 spiro atoms. The smallest absolute Gasteiger partial charge is 0.320 e. The zero-order valence-corrected chi connectivity index (χ0v) is 8.60. The Morgan fingerprint density at radius 3 is 2.69 bits per heavy atom. The lowest BCUT2D eigenvalue weighted by Gasteiger charge is -2.12. The summed E-state index contributed by atoms with van der Waals surface area (Å²) in [7, 11) is 0. The molecular weight excluding hydrogens is 208 g/mol. The average molecular weight is 222 g/mol. The fourth-order valence-corrected chi connectivity index (χ4v) is 1.29. The molecule has 6 heteroatoms. The number of carbonyl (C=O) groups is 1. The Bertz CT molecular complexity index is 406. The summed E-state index contributed by atoms with van der Waals surface area (Å²) in [6, 6.07) is 6.03. The number of para-hydroxylation sites is 1. The van der Waals surface area contributed by atoms with E-state index in [1.165, 1.54) is 0 Å². The molecule has 1 aromatic rings. The highest BCUT2D eigenvalue weighted by Gasteiger charge is 2.14. The first-order valence-corrected chi connectivity index (χ1v) is 4.68. The summed E-state index contributed by atoms with van der Waals surface area (Å²) in [6.45, 7) is 0. The second-order valence-electron chi connectivity index (χ2n) is 3.34. The third-order valence-electron chi connectivity index (χ3n) is 2.04. The van der Waals surface area contributed by atoms with E-state index in [4.69, 9.17) is 22.0 Å². The topological polar surface area (TPSA) is 125 Å². The quantitative estimate of drug-likeness (QED) is 0.360. The van der Waals surface area contributed by atoms with Crippen LogP contribution in [0.4, 0.5) is 5.69 Å². The van der Waals surface area contributed by atoms with E-state index in [0.717, 1.165) is 0 Å². The van der Waals surface area contributed by atoms with Gasteiger partial charge in [-0.1, -0.05) is 18.2 Å². The number of carboxylic acid groups (broad SMARTS) is 1. The van der Waals surface area contributed by atoms with Gasteiger partial charge in [0.1, 0.15) is 6.04 Å². The minimum absolute atomic E-state index is 0.186. The second-order valence-corrected chi connectivity index (χ2v) is 3.34. The van der Waals surface area contributed by atoms with Gasteiger partial charge in [-0.2, -0.15) is 0 Å². The number of hydrogen-bond acceptors (Lipinski definition) is 3. The van der Waals surface area contributed by atoms with Gasteiger partial charge < -0.3 is 21.9 Å². The van der Waals surface area contributed by atoms with E-state index < -0.39 is 12.0 Å². The van der Waals surface area contributed by atoms with E-state index in [9.17, 15) is 4.79 Å². The van der Waals surface area contributed by atoms with Gasteiger partial charge in [-0.05, 0) is 11.6 Å². The SMILES string of the molecule is N=C(N)Nc1ccccc1C[C@@H](N)C(=O)O. The third kappa shape index (κ3) is 3.25. The van der Waals surface area contributed by atoms with E-state index in [0.29, 0.717) is 11.3 Å². The van der Waals surface area contributed by atoms with Crippen LogP contribution in [0.5, 0.6) is 0 Å². The van der Waals surface area contributed by atoms with Gasteiger partial charge in [-0.25, -0.2) is 0 Å². The molecule has 0 heterocycles. The maximum Gasteiger partial charge on any atom is 0.320 e. The lowest BCUT2D eigenvalue weighted by molar-refractivity contribution is -0.138. The maximum absolute atomic E-state index is 10.6. The van der Waals surface area contributed by atoms with Crippen molar-refractivity contribution in [1.29, 1.82) is 5.41 Å². The molecule has 0 unspecified atom stereocenters. The van der Waals surface area contributed by atoms with Gasteiger partial charge in [0.15, 0.2) is 5.96 Å². The summed E-state index contributed by atoms with van der Waals surface area (Å²) < 4.78 is 0. The standard InChI is InChI=1S/C10H14N4O2/c11-7(9(15)16)5-6-3-1-2-4-8(6)14-10(12)13/h1-4,7H,5,11H2,(H,15,16)(H4,12,13,14)/t7-/m1/s1. The van der Waals surface area contributed by atoms with Crippen molar-refractivity contribution in [2.45, 2.75) is 12.5 Å². The highest BCUT2D eigenvalue weighted by molar-refractivity contribution is 5.90. The van der Waals surface area contributed by atoms with Crippen molar-refractivity contribution >= 4 is 17.6 Å². The summed E-state index contributed by atoms with van der Waals surface area (Å²) in [6.07, 6.45) is 0.186. The molecule has 0 bridgehead atoms. The molecule has 16 heavy (non-hydrogen) atoms. The Morgan fingerprint density at radius 1 is 1.50 bits per heavy atom. The van der Waals surface area contributed by atoms with Gasteiger partial charge >= 0.3 is 5.97 Å². The molecule has 0 aliphatic heterocycles. The van der Waals surface area contributed by atoms with Crippen LogP contribution < -0.4 is 16.8 Å². The number of carboxylic acids is 1. The van der Waals surface area contributed by atoms with Crippen molar-refractivity contribution in [2.75, 3.05) is 5.32 Å². The molecule has 0 radical (unpaired) electrons. The Balaban J connectivity index is 2.86. The highest BCUT2D eigenvalue weighted by Crippen LogP contribution is 2.16. The van der Waals surface area contributed by atoms with Crippen LogP contribution in [-0.4, -0.2) is 23.1 Å². The molecule has 6 nitrogen and oxygen atoms in total. The molecule has 1 aromatic carbocycles. The summed E-state index contributed by atoms with van der Waals surface area (Å²) in [4.78, 5) is 10.6. The molecule has 0 aromatic heterocycles. The van der Waals surface area contributed by atoms with Gasteiger partial charge in [0.05, 0.1) is 0 Å². The number of aliphatic carboxylic acids is 1. The molecule has 1 rings (SSSR count). The van der Waals surface area contributed by atoms with Crippen LogP contribution in [0.2, 0.25) is 0 Å². The lowest BCUT2D eigenvalue weighted by atomic mass is 10.0. The normalized spacial score (nSPS) is 11.8. The van der Waals surface area contributed by atoms with Crippen LogP contribution in [0.15, 0.2) is 24.3 Å². The van der Waals surface area contributed by atoms with E-state index in [1.807, 2.05) is 0 Å². The monoisotopic (exact) mass is 222 g/mol. The number of guanidine groups is 1.